The summed E-state index contributed by atoms with van der Waals surface area (Å²) < 4.78 is 0. The number of carbonyl (C=O) groups excluding carboxylic acids is 1. The molecule has 2 N–H and O–H groups in total. The molecule has 0 saturated carbocycles. The molecule has 126 valence electrons. The van der Waals surface area contributed by atoms with Gasteiger partial charge < -0.3 is 10.4 Å². The van der Waals surface area contributed by atoms with Gasteiger partial charge in [0.1, 0.15) is 0 Å². The van der Waals surface area contributed by atoms with Crippen LogP contribution in [0, 0.1) is 0 Å². The first-order valence-corrected chi connectivity index (χ1v) is 8.48. The first-order chi connectivity index (χ1) is 11.7. The van der Waals surface area contributed by atoms with Gasteiger partial charge in [-0.25, -0.2) is 0 Å². The van der Waals surface area contributed by atoms with E-state index in [1.807, 2.05) is 30.3 Å². The molecule has 1 aliphatic rings. The van der Waals surface area contributed by atoms with Crippen molar-refractivity contribution in [2.24, 2.45) is 0 Å². The van der Waals surface area contributed by atoms with Crippen molar-refractivity contribution < 1.29 is 9.90 Å². The third-order valence-corrected chi connectivity index (χ3v) is 4.42. The van der Waals surface area contributed by atoms with Gasteiger partial charge >= 0.3 is 0 Å². The van der Waals surface area contributed by atoms with Gasteiger partial charge in [-0.2, -0.15) is 0 Å². The molecule has 24 heavy (non-hydrogen) atoms. The fourth-order valence-electron chi connectivity index (χ4n) is 3.15. The first-order valence-electron chi connectivity index (χ1n) is 8.48. The van der Waals surface area contributed by atoms with E-state index in [0.29, 0.717) is 19.5 Å². The summed E-state index contributed by atoms with van der Waals surface area (Å²) in [4.78, 5) is 14.2. The number of fused-ring (bicyclic) bond motifs is 1. The fourth-order valence-corrected chi connectivity index (χ4v) is 3.15. The number of hydrogen-bond donors (Lipinski definition) is 2. The lowest BCUT2D eigenvalue weighted by molar-refractivity contribution is -0.121. The van der Waals surface area contributed by atoms with Crippen molar-refractivity contribution in [3.05, 3.63) is 71.3 Å². The lowest BCUT2D eigenvalue weighted by Crippen LogP contribution is -2.42. The van der Waals surface area contributed by atoms with Crippen molar-refractivity contribution in [3.8, 4) is 0 Å². The second kappa shape index (κ2) is 8.08. The van der Waals surface area contributed by atoms with Crippen LogP contribution in [0.2, 0.25) is 0 Å². The summed E-state index contributed by atoms with van der Waals surface area (Å²) in [5, 5.41) is 13.0. The molecule has 2 aromatic rings. The average Bonchev–Trinajstić information content (AvgIpc) is 2.61. The summed E-state index contributed by atoms with van der Waals surface area (Å²) >= 11 is 0. The maximum atomic E-state index is 11.9. The van der Waals surface area contributed by atoms with Crippen molar-refractivity contribution in [2.75, 3.05) is 19.6 Å². The number of nitrogens with one attached hydrogen (secondary N) is 1. The van der Waals surface area contributed by atoms with E-state index in [9.17, 15) is 9.90 Å². The second-order valence-electron chi connectivity index (χ2n) is 6.37. The monoisotopic (exact) mass is 324 g/mol. The normalized spacial score (nSPS) is 15.5. The van der Waals surface area contributed by atoms with E-state index in [4.69, 9.17) is 0 Å². The van der Waals surface area contributed by atoms with Crippen LogP contribution in [0.25, 0.3) is 0 Å². The van der Waals surface area contributed by atoms with Crippen LogP contribution in [0.1, 0.15) is 16.7 Å². The minimum absolute atomic E-state index is 0.0516. The Morgan fingerprint density at radius 3 is 2.58 bits per heavy atom. The van der Waals surface area contributed by atoms with Crippen molar-refractivity contribution in [2.45, 2.75) is 25.5 Å². The molecule has 3 rings (SSSR count). The number of aliphatic hydroxyl groups is 1. The summed E-state index contributed by atoms with van der Waals surface area (Å²) in [6.45, 7) is 2.70. The van der Waals surface area contributed by atoms with Gasteiger partial charge in [-0.05, 0) is 23.1 Å². The molecule has 1 aliphatic heterocycles. The van der Waals surface area contributed by atoms with E-state index < -0.39 is 6.10 Å². The molecule has 0 spiro atoms. The van der Waals surface area contributed by atoms with E-state index in [1.54, 1.807) is 0 Å². The van der Waals surface area contributed by atoms with Gasteiger partial charge in [-0.1, -0.05) is 54.6 Å². The quantitative estimate of drug-likeness (QED) is 0.851. The number of nitrogens with zero attached hydrogens (tertiary/aromatic N) is 1. The van der Waals surface area contributed by atoms with E-state index in [-0.39, 0.29) is 5.91 Å². The Morgan fingerprint density at radius 1 is 1.08 bits per heavy atom. The maximum absolute atomic E-state index is 11.9. The molecular weight excluding hydrogens is 300 g/mol. The van der Waals surface area contributed by atoms with Crippen LogP contribution in [0.4, 0.5) is 0 Å². The van der Waals surface area contributed by atoms with Gasteiger partial charge in [0.15, 0.2) is 0 Å². The second-order valence-corrected chi connectivity index (χ2v) is 6.37. The number of aliphatic hydroxyl groups excluding tert-OH is 1. The minimum Gasteiger partial charge on any atom is -0.390 e. The van der Waals surface area contributed by atoms with Crippen LogP contribution in [-0.4, -0.2) is 41.7 Å². The van der Waals surface area contributed by atoms with E-state index >= 15 is 0 Å². The highest BCUT2D eigenvalue weighted by Crippen LogP contribution is 2.18. The highest BCUT2D eigenvalue weighted by atomic mass is 16.3. The van der Waals surface area contributed by atoms with Crippen molar-refractivity contribution in [3.63, 3.8) is 0 Å². The highest BCUT2D eigenvalue weighted by molar-refractivity contribution is 5.78. The number of rotatable bonds is 6. The predicted molar refractivity (Wildman–Crippen MR) is 94.6 cm³/mol. The molecule has 0 bridgehead atoms. The van der Waals surface area contributed by atoms with Crippen molar-refractivity contribution in [1.29, 1.82) is 0 Å². The van der Waals surface area contributed by atoms with Crippen LogP contribution in [0.15, 0.2) is 54.6 Å². The average molecular weight is 324 g/mol. The van der Waals surface area contributed by atoms with Crippen LogP contribution in [-0.2, 0) is 24.2 Å². The Labute approximate surface area is 143 Å². The molecule has 1 atom stereocenters. The fraction of sp³-hybridized carbons (Fsp3) is 0.350. The molecule has 4 nitrogen and oxygen atoms in total. The Balaban J connectivity index is 1.41. The third-order valence-electron chi connectivity index (χ3n) is 4.42. The first kappa shape index (κ1) is 16.7. The SMILES string of the molecule is O=C(Cc1ccccc1)NCC(O)CN1CCc2ccccc2C1. The smallest absolute Gasteiger partial charge is 0.224 e. The number of β-amino-alcohol motifs (C(OH)–C–C–N with tert-alkyl or cyclic N) is 1. The molecule has 2 aromatic carbocycles. The minimum atomic E-state index is -0.546. The van der Waals surface area contributed by atoms with Crippen LogP contribution < -0.4 is 5.32 Å². The molecule has 1 heterocycles. The molecule has 0 saturated heterocycles. The van der Waals surface area contributed by atoms with E-state index in [0.717, 1.165) is 25.1 Å². The molecule has 0 aliphatic carbocycles. The maximum Gasteiger partial charge on any atom is 0.224 e. The lowest BCUT2D eigenvalue weighted by Gasteiger charge is -2.30. The highest BCUT2D eigenvalue weighted by Gasteiger charge is 2.18. The molecule has 0 radical (unpaired) electrons. The van der Waals surface area contributed by atoms with Gasteiger partial charge in [-0.15, -0.1) is 0 Å². The summed E-state index contributed by atoms with van der Waals surface area (Å²) in [6.07, 6.45) is 0.823. The zero-order valence-corrected chi connectivity index (χ0v) is 13.8. The van der Waals surface area contributed by atoms with Gasteiger partial charge in [0.2, 0.25) is 5.91 Å². The van der Waals surface area contributed by atoms with Gasteiger partial charge in [0.25, 0.3) is 0 Å². The zero-order chi connectivity index (χ0) is 16.8. The van der Waals surface area contributed by atoms with Crippen LogP contribution in [0.5, 0.6) is 0 Å². The Hall–Kier alpha value is -2.17. The Bertz CT molecular complexity index is 672. The molecular formula is C20H24N2O2. The molecule has 0 fully saturated rings. The van der Waals surface area contributed by atoms with Gasteiger partial charge in [0, 0.05) is 26.2 Å². The topological polar surface area (TPSA) is 52.6 Å². The Kier molecular flexibility index (Phi) is 5.62. The van der Waals surface area contributed by atoms with Gasteiger partial charge in [0.05, 0.1) is 12.5 Å². The summed E-state index contributed by atoms with van der Waals surface area (Å²) in [7, 11) is 0. The van der Waals surface area contributed by atoms with Crippen molar-refractivity contribution in [1.82, 2.24) is 10.2 Å². The molecule has 1 amide bonds. The van der Waals surface area contributed by atoms with Crippen LogP contribution >= 0.6 is 0 Å². The number of carbonyl (C=O) groups is 1. The molecule has 0 aromatic heterocycles. The predicted octanol–water partition coefficient (Wildman–Crippen LogP) is 1.76. The summed E-state index contributed by atoms with van der Waals surface area (Å²) in [5.74, 6) is -0.0516. The van der Waals surface area contributed by atoms with E-state index in [1.165, 1.54) is 11.1 Å². The van der Waals surface area contributed by atoms with Crippen molar-refractivity contribution >= 4 is 5.91 Å². The van der Waals surface area contributed by atoms with E-state index in [2.05, 4.69) is 34.5 Å². The molecule has 4 heteroatoms. The Morgan fingerprint density at radius 2 is 1.79 bits per heavy atom. The third kappa shape index (κ3) is 4.66. The summed E-state index contributed by atoms with van der Waals surface area (Å²) in [5.41, 5.74) is 3.72. The number of amides is 1. The largest absolute Gasteiger partial charge is 0.390 e. The zero-order valence-electron chi connectivity index (χ0n) is 13.8. The molecule has 1 unspecified atom stereocenters. The number of benzene rings is 2. The summed E-state index contributed by atoms with van der Waals surface area (Å²) in [6, 6.07) is 18.1. The standard InChI is InChI=1S/C20H24N2O2/c23-19(13-21-20(24)12-16-6-2-1-3-7-16)15-22-11-10-17-8-4-5-9-18(17)14-22/h1-9,19,23H,10-15H2,(H,21,24). The van der Waals surface area contributed by atoms with Gasteiger partial charge in [-0.3, -0.25) is 9.69 Å². The van der Waals surface area contributed by atoms with Crippen LogP contribution in [0.3, 0.4) is 0 Å². The number of hydrogen-bond acceptors (Lipinski definition) is 3. The lowest BCUT2D eigenvalue weighted by atomic mass is 10.00.